The molecule has 2 unspecified atom stereocenters. The Morgan fingerprint density at radius 3 is 2.94 bits per heavy atom. The van der Waals surface area contributed by atoms with Crippen molar-refractivity contribution in [1.29, 1.82) is 0 Å². The van der Waals surface area contributed by atoms with Crippen LogP contribution in [0, 0.1) is 5.82 Å². The van der Waals surface area contributed by atoms with E-state index in [0.29, 0.717) is 23.6 Å². The fourth-order valence-electron chi connectivity index (χ4n) is 2.10. The number of hydrogen-bond donors (Lipinski definition) is 2. The molecule has 0 spiro atoms. The maximum Gasteiger partial charge on any atom is 0.321 e. The van der Waals surface area contributed by atoms with Gasteiger partial charge in [-0.05, 0) is 30.7 Å². The molecule has 2 atom stereocenters. The molecule has 1 fully saturated rings. The number of halogens is 2. The molecule has 3 nitrogen and oxygen atoms in total. The van der Waals surface area contributed by atoms with Crippen molar-refractivity contribution in [2.75, 3.05) is 6.54 Å². The van der Waals surface area contributed by atoms with Gasteiger partial charge in [0.25, 0.3) is 0 Å². The first-order valence-corrected chi connectivity index (χ1v) is 5.38. The van der Waals surface area contributed by atoms with Gasteiger partial charge in [-0.2, -0.15) is 0 Å². The molecule has 0 radical (unpaired) electrons. The van der Waals surface area contributed by atoms with E-state index in [1.165, 1.54) is 12.1 Å². The maximum atomic E-state index is 12.9. The van der Waals surface area contributed by atoms with E-state index in [4.69, 9.17) is 16.7 Å². The summed E-state index contributed by atoms with van der Waals surface area (Å²) in [5, 5.41) is 12.2. The minimum atomic E-state index is -0.900. The zero-order valence-corrected chi connectivity index (χ0v) is 9.17. The predicted molar refractivity (Wildman–Crippen MR) is 58.2 cm³/mol. The van der Waals surface area contributed by atoms with Crippen molar-refractivity contribution in [1.82, 2.24) is 5.32 Å². The fourth-order valence-corrected chi connectivity index (χ4v) is 2.41. The van der Waals surface area contributed by atoms with E-state index in [-0.39, 0.29) is 5.92 Å². The van der Waals surface area contributed by atoms with Crippen LogP contribution in [0.4, 0.5) is 4.39 Å². The molecule has 1 aromatic rings. The zero-order valence-electron chi connectivity index (χ0n) is 8.41. The van der Waals surface area contributed by atoms with Gasteiger partial charge in [-0.15, -0.1) is 0 Å². The molecule has 5 heteroatoms. The molecule has 16 heavy (non-hydrogen) atoms. The standard InChI is InChI=1S/C11H11ClFNO2/c12-9-5-6(13)1-2-7(9)8-3-4-14-10(8)11(15)16/h1-2,5,8,10,14H,3-4H2,(H,15,16). The lowest BCUT2D eigenvalue weighted by atomic mass is 9.92. The van der Waals surface area contributed by atoms with Crippen LogP contribution < -0.4 is 5.32 Å². The second kappa shape index (κ2) is 4.39. The third-order valence-corrected chi connectivity index (χ3v) is 3.18. The summed E-state index contributed by atoms with van der Waals surface area (Å²) in [7, 11) is 0. The number of rotatable bonds is 2. The summed E-state index contributed by atoms with van der Waals surface area (Å²) in [6, 6.07) is 3.45. The van der Waals surface area contributed by atoms with Crippen molar-refractivity contribution in [3.63, 3.8) is 0 Å². The first-order chi connectivity index (χ1) is 7.59. The molecule has 2 rings (SSSR count). The predicted octanol–water partition coefficient (Wildman–Crippen LogP) is 2.01. The van der Waals surface area contributed by atoms with Gasteiger partial charge in [-0.3, -0.25) is 4.79 Å². The summed E-state index contributed by atoms with van der Waals surface area (Å²) >= 11 is 5.92. The van der Waals surface area contributed by atoms with Crippen LogP contribution >= 0.6 is 11.6 Å². The first-order valence-electron chi connectivity index (χ1n) is 5.00. The number of carbonyl (C=O) groups is 1. The van der Waals surface area contributed by atoms with Crippen LogP contribution in [-0.4, -0.2) is 23.7 Å². The summed E-state index contributed by atoms with van der Waals surface area (Å²) in [5.41, 5.74) is 0.695. The molecule has 0 aromatic heterocycles. The Balaban J connectivity index is 2.32. The summed E-state index contributed by atoms with van der Waals surface area (Å²) in [5.74, 6) is -1.50. The fraction of sp³-hybridized carbons (Fsp3) is 0.364. The second-order valence-corrected chi connectivity index (χ2v) is 4.24. The summed E-state index contributed by atoms with van der Waals surface area (Å²) < 4.78 is 12.9. The van der Waals surface area contributed by atoms with Gasteiger partial charge in [0.05, 0.1) is 0 Å². The van der Waals surface area contributed by atoms with Crippen LogP contribution in [0.25, 0.3) is 0 Å². The van der Waals surface area contributed by atoms with Crippen LogP contribution in [0.2, 0.25) is 5.02 Å². The van der Waals surface area contributed by atoms with Crippen molar-refractivity contribution in [3.8, 4) is 0 Å². The van der Waals surface area contributed by atoms with Crippen molar-refractivity contribution >= 4 is 17.6 Å². The number of hydrogen-bond acceptors (Lipinski definition) is 2. The number of nitrogens with one attached hydrogen (secondary N) is 1. The van der Waals surface area contributed by atoms with E-state index in [1.807, 2.05) is 0 Å². The van der Waals surface area contributed by atoms with Crippen LogP contribution in [0.5, 0.6) is 0 Å². The number of benzene rings is 1. The Kier molecular flexibility index (Phi) is 3.12. The SMILES string of the molecule is O=C(O)C1NCCC1c1ccc(F)cc1Cl. The lowest BCUT2D eigenvalue weighted by molar-refractivity contribution is -0.139. The molecule has 0 aliphatic carbocycles. The molecule has 86 valence electrons. The summed E-state index contributed by atoms with van der Waals surface area (Å²) in [6.45, 7) is 0.634. The molecule has 0 saturated carbocycles. The van der Waals surface area contributed by atoms with Crippen LogP contribution in [0.3, 0.4) is 0 Å². The first kappa shape index (κ1) is 11.4. The smallest absolute Gasteiger partial charge is 0.321 e. The van der Waals surface area contributed by atoms with Gasteiger partial charge < -0.3 is 10.4 Å². The number of carboxylic acid groups (broad SMARTS) is 1. The lowest BCUT2D eigenvalue weighted by Gasteiger charge is -2.17. The summed E-state index contributed by atoms with van der Waals surface area (Å²) in [6.07, 6.45) is 0.697. The van der Waals surface area contributed by atoms with Gasteiger partial charge in [0.2, 0.25) is 0 Å². The third-order valence-electron chi connectivity index (χ3n) is 2.85. The van der Waals surface area contributed by atoms with E-state index in [1.54, 1.807) is 6.07 Å². The van der Waals surface area contributed by atoms with Crippen molar-refractivity contribution < 1.29 is 14.3 Å². The minimum Gasteiger partial charge on any atom is -0.480 e. The van der Waals surface area contributed by atoms with Gasteiger partial charge >= 0.3 is 5.97 Å². The average Bonchev–Trinajstić information content (AvgIpc) is 2.66. The van der Waals surface area contributed by atoms with E-state index in [9.17, 15) is 9.18 Å². The van der Waals surface area contributed by atoms with Crippen LogP contribution in [-0.2, 0) is 4.79 Å². The number of carboxylic acids is 1. The molecule has 0 amide bonds. The molecular formula is C11H11ClFNO2. The van der Waals surface area contributed by atoms with Crippen molar-refractivity contribution in [2.24, 2.45) is 0 Å². The van der Waals surface area contributed by atoms with Gasteiger partial charge in [0.1, 0.15) is 11.9 Å². The molecule has 1 saturated heterocycles. The molecule has 0 bridgehead atoms. The highest BCUT2D eigenvalue weighted by molar-refractivity contribution is 6.31. The Bertz CT molecular complexity index is 424. The Hall–Kier alpha value is -1.13. The molecule has 2 N–H and O–H groups in total. The van der Waals surface area contributed by atoms with Crippen molar-refractivity contribution in [2.45, 2.75) is 18.4 Å². The second-order valence-electron chi connectivity index (χ2n) is 3.83. The van der Waals surface area contributed by atoms with Gasteiger partial charge in [0.15, 0.2) is 0 Å². The molecule has 1 heterocycles. The highest BCUT2D eigenvalue weighted by Gasteiger charge is 2.34. The van der Waals surface area contributed by atoms with E-state index < -0.39 is 17.8 Å². The minimum absolute atomic E-state index is 0.189. The van der Waals surface area contributed by atoms with E-state index in [2.05, 4.69) is 5.32 Å². The largest absolute Gasteiger partial charge is 0.480 e. The Labute approximate surface area is 97.2 Å². The van der Waals surface area contributed by atoms with E-state index >= 15 is 0 Å². The Morgan fingerprint density at radius 1 is 1.56 bits per heavy atom. The van der Waals surface area contributed by atoms with Gasteiger partial charge in [-0.25, -0.2) is 4.39 Å². The topological polar surface area (TPSA) is 49.3 Å². The molecule has 1 aromatic carbocycles. The van der Waals surface area contributed by atoms with Gasteiger partial charge in [-0.1, -0.05) is 17.7 Å². The zero-order chi connectivity index (χ0) is 11.7. The normalized spacial score (nSPS) is 24.6. The van der Waals surface area contributed by atoms with Crippen LogP contribution in [0.1, 0.15) is 17.9 Å². The number of aliphatic carboxylic acids is 1. The third kappa shape index (κ3) is 2.03. The van der Waals surface area contributed by atoms with Crippen LogP contribution in [0.15, 0.2) is 18.2 Å². The van der Waals surface area contributed by atoms with Gasteiger partial charge in [0, 0.05) is 10.9 Å². The highest BCUT2D eigenvalue weighted by atomic mass is 35.5. The lowest BCUT2D eigenvalue weighted by Crippen LogP contribution is -2.34. The van der Waals surface area contributed by atoms with E-state index in [0.717, 1.165) is 0 Å². The quantitative estimate of drug-likeness (QED) is 0.836. The average molecular weight is 244 g/mol. The molecule has 1 aliphatic heterocycles. The molecule has 1 aliphatic rings. The highest BCUT2D eigenvalue weighted by Crippen LogP contribution is 2.33. The Morgan fingerprint density at radius 2 is 2.31 bits per heavy atom. The maximum absolute atomic E-state index is 12.9. The molecular weight excluding hydrogens is 233 g/mol. The summed E-state index contributed by atoms with van der Waals surface area (Å²) in [4.78, 5) is 11.0. The monoisotopic (exact) mass is 243 g/mol. The van der Waals surface area contributed by atoms with Crippen molar-refractivity contribution in [3.05, 3.63) is 34.6 Å².